The van der Waals surface area contributed by atoms with Crippen LogP contribution in [-0.2, 0) is 13.0 Å². The summed E-state index contributed by atoms with van der Waals surface area (Å²) < 4.78 is 21.4. The van der Waals surface area contributed by atoms with Gasteiger partial charge in [0.25, 0.3) is 0 Å². The number of ether oxygens (including phenoxy) is 1. The van der Waals surface area contributed by atoms with Crippen LogP contribution in [-0.4, -0.2) is 44.6 Å². The molecule has 0 fully saturated rings. The van der Waals surface area contributed by atoms with Gasteiger partial charge in [0.15, 0.2) is 0 Å². The van der Waals surface area contributed by atoms with E-state index in [-0.39, 0.29) is 17.8 Å². The van der Waals surface area contributed by atoms with Crippen molar-refractivity contribution in [1.29, 1.82) is 0 Å². The van der Waals surface area contributed by atoms with Crippen LogP contribution in [0.15, 0.2) is 60.8 Å². The molecule has 4 aromatic rings. The number of halogens is 1. The molecule has 0 spiro atoms. The van der Waals surface area contributed by atoms with Crippen LogP contribution in [0.25, 0.3) is 22.6 Å². The third-order valence-electron chi connectivity index (χ3n) is 6.63. The Kier molecular flexibility index (Phi) is 6.95. The minimum absolute atomic E-state index is 0.216. The monoisotopic (exact) mass is 486 g/mol. The molecule has 0 aliphatic carbocycles. The van der Waals surface area contributed by atoms with Gasteiger partial charge in [-0.2, -0.15) is 0 Å². The summed E-state index contributed by atoms with van der Waals surface area (Å²) in [5, 5.41) is 0. The first-order valence-electron chi connectivity index (χ1n) is 12.4. The van der Waals surface area contributed by atoms with Crippen LogP contribution in [0.4, 0.5) is 10.3 Å². The zero-order valence-electron chi connectivity index (χ0n) is 20.7. The summed E-state index contributed by atoms with van der Waals surface area (Å²) in [5.41, 5.74) is 10.5. The highest BCUT2D eigenvalue weighted by molar-refractivity contribution is 5.78. The SMILES string of the molecule is CCCN(Cc1cccc(OC)c1)C[C@@H]1CCc2nc(-c3ccc(F)cc3)c(-c3ccnc(N)n3)n21. The van der Waals surface area contributed by atoms with E-state index < -0.39 is 0 Å². The fraction of sp³-hybridized carbons (Fsp3) is 0.321. The number of aryl methyl sites for hydroxylation is 1. The van der Waals surface area contributed by atoms with E-state index in [1.165, 1.54) is 17.7 Å². The maximum atomic E-state index is 13.7. The number of hydrogen-bond acceptors (Lipinski definition) is 6. The Labute approximate surface area is 210 Å². The van der Waals surface area contributed by atoms with Crippen molar-refractivity contribution in [3.05, 3.63) is 78.0 Å². The number of nitrogens with two attached hydrogens (primary N) is 1. The second-order valence-electron chi connectivity index (χ2n) is 9.18. The smallest absolute Gasteiger partial charge is 0.220 e. The average molecular weight is 487 g/mol. The summed E-state index contributed by atoms with van der Waals surface area (Å²) in [4.78, 5) is 16.1. The Morgan fingerprint density at radius 1 is 1.14 bits per heavy atom. The summed E-state index contributed by atoms with van der Waals surface area (Å²) in [7, 11) is 1.70. The van der Waals surface area contributed by atoms with Crippen LogP contribution < -0.4 is 10.5 Å². The molecule has 2 aromatic heterocycles. The number of hydrogen-bond donors (Lipinski definition) is 1. The van der Waals surface area contributed by atoms with Crippen molar-refractivity contribution in [2.45, 2.75) is 38.8 Å². The number of aromatic nitrogens is 4. The highest BCUT2D eigenvalue weighted by Gasteiger charge is 2.32. The quantitative estimate of drug-likeness (QED) is 0.353. The Bertz CT molecular complexity index is 1340. The molecule has 3 heterocycles. The number of imidazole rings is 1. The number of anilines is 1. The first-order valence-corrected chi connectivity index (χ1v) is 12.4. The molecule has 1 aliphatic rings. The van der Waals surface area contributed by atoms with Gasteiger partial charge in [0.1, 0.15) is 17.4 Å². The summed E-state index contributed by atoms with van der Waals surface area (Å²) >= 11 is 0. The number of nitrogen functional groups attached to an aromatic ring is 1. The van der Waals surface area contributed by atoms with Gasteiger partial charge >= 0.3 is 0 Å². The van der Waals surface area contributed by atoms with Gasteiger partial charge in [0.2, 0.25) is 5.95 Å². The summed E-state index contributed by atoms with van der Waals surface area (Å²) in [6.07, 6.45) is 4.60. The fourth-order valence-corrected chi connectivity index (χ4v) is 5.08. The predicted octanol–water partition coefficient (Wildman–Crippen LogP) is 5.14. The van der Waals surface area contributed by atoms with Crippen LogP contribution in [0.5, 0.6) is 5.75 Å². The highest BCUT2D eigenvalue weighted by atomic mass is 19.1. The molecule has 0 radical (unpaired) electrons. The summed E-state index contributed by atoms with van der Waals surface area (Å²) in [6, 6.07) is 16.8. The molecular formula is C28H31FN6O. The van der Waals surface area contributed by atoms with Gasteiger partial charge in [-0.1, -0.05) is 19.1 Å². The van der Waals surface area contributed by atoms with Crippen molar-refractivity contribution in [2.24, 2.45) is 0 Å². The molecule has 36 heavy (non-hydrogen) atoms. The lowest BCUT2D eigenvalue weighted by atomic mass is 10.1. The second-order valence-corrected chi connectivity index (χ2v) is 9.18. The van der Waals surface area contributed by atoms with E-state index in [1.807, 2.05) is 18.2 Å². The van der Waals surface area contributed by atoms with Crippen LogP contribution in [0, 0.1) is 5.82 Å². The Hall–Kier alpha value is -3.78. The van der Waals surface area contributed by atoms with Gasteiger partial charge < -0.3 is 15.0 Å². The number of fused-ring (bicyclic) bond motifs is 1. The van der Waals surface area contributed by atoms with Crippen molar-refractivity contribution >= 4 is 5.95 Å². The number of rotatable bonds is 9. The van der Waals surface area contributed by atoms with Gasteiger partial charge in [-0.3, -0.25) is 4.90 Å². The number of methoxy groups -OCH3 is 1. The van der Waals surface area contributed by atoms with Crippen LogP contribution in [0.1, 0.15) is 37.2 Å². The van der Waals surface area contributed by atoms with Gasteiger partial charge in [-0.15, -0.1) is 0 Å². The van der Waals surface area contributed by atoms with Crippen molar-refractivity contribution in [1.82, 2.24) is 24.4 Å². The fourth-order valence-electron chi connectivity index (χ4n) is 5.08. The molecule has 186 valence electrons. The van der Waals surface area contributed by atoms with Gasteiger partial charge in [-0.25, -0.2) is 19.3 Å². The molecule has 8 heteroatoms. The average Bonchev–Trinajstić information content (AvgIpc) is 3.44. The third-order valence-corrected chi connectivity index (χ3v) is 6.63. The molecule has 0 saturated carbocycles. The van der Waals surface area contributed by atoms with E-state index in [9.17, 15) is 4.39 Å². The first kappa shape index (κ1) is 23.9. The van der Waals surface area contributed by atoms with E-state index in [1.54, 1.807) is 25.4 Å². The predicted molar refractivity (Wildman–Crippen MR) is 139 cm³/mol. The molecule has 0 bridgehead atoms. The van der Waals surface area contributed by atoms with Crippen molar-refractivity contribution < 1.29 is 9.13 Å². The van der Waals surface area contributed by atoms with Gasteiger partial charge in [-0.05, 0) is 67.4 Å². The Balaban J connectivity index is 1.52. The van der Waals surface area contributed by atoms with E-state index in [0.29, 0.717) is 0 Å². The third kappa shape index (κ3) is 4.95. The molecule has 0 unspecified atom stereocenters. The zero-order valence-corrected chi connectivity index (χ0v) is 20.7. The molecule has 5 rings (SSSR count). The van der Waals surface area contributed by atoms with E-state index in [0.717, 1.165) is 73.1 Å². The van der Waals surface area contributed by atoms with Crippen LogP contribution in [0.3, 0.4) is 0 Å². The van der Waals surface area contributed by atoms with E-state index in [4.69, 9.17) is 15.5 Å². The lowest BCUT2D eigenvalue weighted by Crippen LogP contribution is -2.30. The molecule has 1 aliphatic heterocycles. The largest absolute Gasteiger partial charge is 0.497 e. The minimum atomic E-state index is -0.274. The lowest BCUT2D eigenvalue weighted by Gasteiger charge is -2.27. The second kappa shape index (κ2) is 10.5. The van der Waals surface area contributed by atoms with Crippen LogP contribution >= 0.6 is 0 Å². The zero-order chi connectivity index (χ0) is 25.1. The number of nitrogens with zero attached hydrogens (tertiary/aromatic N) is 5. The molecule has 7 nitrogen and oxygen atoms in total. The molecule has 0 saturated heterocycles. The maximum Gasteiger partial charge on any atom is 0.220 e. The molecule has 0 amide bonds. The summed E-state index contributed by atoms with van der Waals surface area (Å²) in [6.45, 7) is 4.91. The Morgan fingerprint density at radius 3 is 2.72 bits per heavy atom. The first-order chi connectivity index (χ1) is 17.6. The highest BCUT2D eigenvalue weighted by Crippen LogP contribution is 2.39. The normalized spacial score (nSPS) is 14.8. The van der Waals surface area contributed by atoms with Crippen molar-refractivity contribution in [3.8, 4) is 28.4 Å². The van der Waals surface area contributed by atoms with Crippen molar-refractivity contribution in [3.63, 3.8) is 0 Å². The van der Waals surface area contributed by atoms with E-state index in [2.05, 4.69) is 38.5 Å². The Morgan fingerprint density at radius 2 is 1.97 bits per heavy atom. The lowest BCUT2D eigenvalue weighted by molar-refractivity contribution is 0.227. The standard InChI is InChI=1S/C28H31FN6O/c1-3-15-34(17-19-5-4-6-23(16-19)36-2)18-22-11-12-25-33-26(20-7-9-21(29)10-8-20)27(35(22)25)24-13-14-31-28(30)32-24/h4-10,13-14,16,22H,3,11-12,15,17-18H2,1-2H3,(H2,30,31,32)/t22-/m0/s1. The molecular weight excluding hydrogens is 455 g/mol. The summed E-state index contributed by atoms with van der Waals surface area (Å²) in [5.74, 6) is 1.83. The van der Waals surface area contributed by atoms with Gasteiger partial charge in [0, 0.05) is 37.3 Å². The molecule has 1 atom stereocenters. The van der Waals surface area contributed by atoms with Crippen LogP contribution in [0.2, 0.25) is 0 Å². The van der Waals surface area contributed by atoms with Crippen molar-refractivity contribution in [2.75, 3.05) is 25.9 Å². The maximum absolute atomic E-state index is 13.7. The topological polar surface area (TPSA) is 82.1 Å². The molecule has 2 aromatic carbocycles. The minimum Gasteiger partial charge on any atom is -0.497 e. The van der Waals surface area contributed by atoms with E-state index >= 15 is 0 Å². The number of benzene rings is 2. The molecule has 2 N–H and O–H groups in total. The van der Waals surface area contributed by atoms with Gasteiger partial charge in [0.05, 0.1) is 24.2 Å².